The van der Waals surface area contributed by atoms with Gasteiger partial charge in [-0.2, -0.15) is 4.98 Å². The Labute approximate surface area is 244 Å². The van der Waals surface area contributed by atoms with Gasteiger partial charge in [-0.25, -0.2) is 15.0 Å². The zero-order chi connectivity index (χ0) is 30.8. The fraction of sp³-hybridized carbons (Fsp3) is 0.545. The molecule has 2 fully saturated rings. The number of hydrogen-bond acceptors (Lipinski definition) is 14. The van der Waals surface area contributed by atoms with Crippen LogP contribution in [0.5, 0.6) is 0 Å². The van der Waals surface area contributed by atoms with Crippen LogP contribution in [0.4, 0.5) is 5.95 Å². The molecule has 10 atom stereocenters. The molecule has 4 aromatic heterocycles. The van der Waals surface area contributed by atoms with Crippen molar-refractivity contribution in [3.63, 3.8) is 0 Å². The van der Waals surface area contributed by atoms with Crippen LogP contribution in [0.25, 0.3) is 22.3 Å². The van der Waals surface area contributed by atoms with Gasteiger partial charge in [-0.05, 0) is 0 Å². The lowest BCUT2D eigenvalue weighted by molar-refractivity contribution is -0.0458. The Kier molecular flexibility index (Phi) is 7.64. The number of nitrogens with one attached hydrogen (secondary N) is 2. The van der Waals surface area contributed by atoms with Crippen molar-refractivity contribution in [1.29, 1.82) is 0 Å². The number of nitrogen functional groups attached to an aromatic ring is 1. The summed E-state index contributed by atoms with van der Waals surface area (Å²) in [6.07, 6.45) is -3.74. The highest BCUT2D eigenvalue weighted by Crippen LogP contribution is 2.56. The summed E-state index contributed by atoms with van der Waals surface area (Å²) in [6.45, 7) is 0.141. The normalized spacial score (nSPS) is 31.6. The number of aromatic amines is 2. The predicted molar refractivity (Wildman–Crippen MR) is 146 cm³/mol. The molecular formula is C22H27ClN9O10P. The molecule has 21 heteroatoms. The summed E-state index contributed by atoms with van der Waals surface area (Å²) in [4.78, 5) is 56.2. The topological polar surface area (TPSA) is 279 Å². The highest BCUT2D eigenvalue weighted by molar-refractivity contribution is 7.53. The monoisotopic (exact) mass is 643 g/mol. The molecule has 2 aliphatic rings. The van der Waals surface area contributed by atoms with E-state index < -0.39 is 85.8 Å². The second kappa shape index (κ2) is 11.0. The molecule has 0 radical (unpaired) electrons. The number of nitrogens with two attached hydrogens (primary N) is 1. The average molecular weight is 644 g/mol. The Morgan fingerprint density at radius 1 is 1.07 bits per heavy atom. The molecule has 0 saturated carbocycles. The first-order chi connectivity index (χ1) is 20.4. The number of ether oxygens (including phenoxy) is 2. The Bertz CT molecular complexity index is 1830. The van der Waals surface area contributed by atoms with Crippen molar-refractivity contribution >= 4 is 47.5 Å². The van der Waals surface area contributed by atoms with Crippen LogP contribution in [0.1, 0.15) is 19.4 Å². The molecule has 6 heterocycles. The van der Waals surface area contributed by atoms with Gasteiger partial charge in [-0.1, -0.05) is 6.92 Å². The number of H-pyrrole nitrogens is 2. The summed E-state index contributed by atoms with van der Waals surface area (Å²) in [6, 6.07) is 0. The van der Waals surface area contributed by atoms with E-state index in [1.807, 2.05) is 0 Å². The first kappa shape index (κ1) is 29.8. The molecule has 0 bridgehead atoms. The number of aliphatic hydroxyl groups is 3. The van der Waals surface area contributed by atoms with Crippen LogP contribution in [0, 0.1) is 5.92 Å². The number of aromatic nitrogens is 8. The maximum absolute atomic E-state index is 13.6. The largest absolute Gasteiger partial charge is 0.394 e. The third-order valence-electron chi connectivity index (χ3n) is 7.75. The Balaban J connectivity index is 1.22. The molecule has 232 valence electrons. The molecule has 2 saturated heterocycles. The van der Waals surface area contributed by atoms with Gasteiger partial charge in [0, 0.05) is 5.92 Å². The first-order valence-electron chi connectivity index (χ1n) is 12.9. The summed E-state index contributed by atoms with van der Waals surface area (Å²) in [5, 5.41) is 30.5. The van der Waals surface area contributed by atoms with E-state index in [4.69, 9.17) is 31.3 Å². The van der Waals surface area contributed by atoms with E-state index >= 15 is 0 Å². The number of hydrogen-bond donors (Lipinski definition) is 7. The molecule has 4 aromatic rings. The lowest BCUT2D eigenvalue weighted by atomic mass is 9.96. The molecule has 0 spiro atoms. The average Bonchev–Trinajstić information content (AvgIpc) is 3.72. The van der Waals surface area contributed by atoms with Crippen molar-refractivity contribution in [3.8, 4) is 0 Å². The van der Waals surface area contributed by atoms with Crippen molar-refractivity contribution in [2.24, 2.45) is 5.92 Å². The van der Waals surface area contributed by atoms with Gasteiger partial charge in [0.1, 0.15) is 29.9 Å². The van der Waals surface area contributed by atoms with Gasteiger partial charge in [-0.3, -0.25) is 28.3 Å². The number of rotatable bonds is 8. The van der Waals surface area contributed by atoms with Gasteiger partial charge in [0.25, 0.3) is 11.1 Å². The Hall–Kier alpha value is -3.26. The smallest absolute Gasteiger partial charge is 0.331 e. The van der Waals surface area contributed by atoms with E-state index in [1.54, 1.807) is 0 Å². The zero-order valence-corrected chi connectivity index (χ0v) is 23.8. The number of aliphatic hydroxyl groups excluding tert-OH is 3. The van der Waals surface area contributed by atoms with Crippen LogP contribution in [0.15, 0.2) is 28.6 Å². The van der Waals surface area contributed by atoms with E-state index in [0.717, 1.165) is 0 Å². The fourth-order valence-corrected chi connectivity index (χ4v) is 7.15. The van der Waals surface area contributed by atoms with Crippen LogP contribution in [-0.4, -0.2) is 108 Å². The third kappa shape index (κ3) is 4.95. The number of imidazole rings is 2. The first-order valence-corrected chi connectivity index (χ1v) is 15.0. The molecule has 0 aliphatic carbocycles. The van der Waals surface area contributed by atoms with Gasteiger partial charge in [-0.15, -0.1) is 11.6 Å². The number of halogens is 1. The maximum atomic E-state index is 13.6. The maximum Gasteiger partial charge on any atom is 0.331 e. The summed E-state index contributed by atoms with van der Waals surface area (Å²) in [7, 11) is -4.63. The lowest BCUT2D eigenvalue weighted by Crippen LogP contribution is -2.37. The summed E-state index contributed by atoms with van der Waals surface area (Å²) in [5.74, 6) is -1.38. The standard InChI is InChI=1S/C22H27ClN9O10P/c1-7(10-14(34)8(2-33)41-20(10)32-6-28-13-17(32)29-22(24)30-19(13)37)43(38,39)40-3-9-15(35)11(23)21(42-9)31-5-27-12-16(31)25-4-26-18(12)36/h4-11,14-15,20-21,33-35H,2-3H2,1H3,(H,38,39)(H,25,26,36)(H3,24,29,30,37)/t7-,8+,9+,10+,11-,14+,15+,20+,21+/m0/s1. The minimum absolute atomic E-state index is 0.00638. The van der Waals surface area contributed by atoms with Gasteiger partial charge >= 0.3 is 7.60 Å². The molecule has 43 heavy (non-hydrogen) atoms. The molecule has 0 aromatic carbocycles. The van der Waals surface area contributed by atoms with Crippen LogP contribution in [-0.2, 0) is 18.6 Å². The molecule has 0 amide bonds. The van der Waals surface area contributed by atoms with Crippen molar-refractivity contribution in [2.75, 3.05) is 18.9 Å². The quantitative estimate of drug-likeness (QED) is 0.0820. The van der Waals surface area contributed by atoms with Crippen LogP contribution in [0.3, 0.4) is 0 Å². The van der Waals surface area contributed by atoms with Crippen molar-refractivity contribution in [2.45, 2.75) is 54.8 Å². The second-order valence-electron chi connectivity index (χ2n) is 10.2. The Morgan fingerprint density at radius 3 is 2.42 bits per heavy atom. The second-order valence-corrected chi connectivity index (χ2v) is 13.0. The van der Waals surface area contributed by atoms with E-state index in [0.29, 0.717) is 0 Å². The van der Waals surface area contributed by atoms with Gasteiger partial charge in [0.05, 0.1) is 44.0 Å². The minimum Gasteiger partial charge on any atom is -0.394 e. The number of anilines is 1. The van der Waals surface area contributed by atoms with E-state index in [9.17, 15) is 34.4 Å². The summed E-state index contributed by atoms with van der Waals surface area (Å²) < 4.78 is 33.3. The molecule has 1 unspecified atom stereocenters. The fourth-order valence-electron chi connectivity index (χ4n) is 5.45. The third-order valence-corrected chi connectivity index (χ3v) is 10.1. The van der Waals surface area contributed by atoms with Crippen LogP contribution >= 0.6 is 19.2 Å². The van der Waals surface area contributed by atoms with Crippen LogP contribution < -0.4 is 16.9 Å². The Morgan fingerprint density at radius 2 is 1.72 bits per heavy atom. The lowest BCUT2D eigenvalue weighted by Gasteiger charge is -2.30. The van der Waals surface area contributed by atoms with Crippen molar-refractivity contribution in [1.82, 2.24) is 39.0 Å². The van der Waals surface area contributed by atoms with Crippen LogP contribution in [0.2, 0.25) is 0 Å². The highest BCUT2D eigenvalue weighted by atomic mass is 35.5. The number of alkyl halides is 1. The SMILES string of the molecule is C[C@@H]([C@@H]1[C@H](O)[C@@H](CO)O[C@H]1n1cnc2c(=O)[nH]c(N)nc21)P(=O)(O)OC[C@H]1O[C@@H](n2cnc3c(=O)[nH]cnc32)[C@@H](Cl)[C@@H]1O. The summed E-state index contributed by atoms with van der Waals surface area (Å²) >= 11 is 6.42. The minimum atomic E-state index is -4.63. The predicted octanol–water partition coefficient (Wildman–Crippen LogP) is -1.84. The van der Waals surface area contributed by atoms with Gasteiger partial charge < -0.3 is 44.9 Å². The summed E-state index contributed by atoms with van der Waals surface area (Å²) in [5.41, 5.74) is 3.33. The highest BCUT2D eigenvalue weighted by Gasteiger charge is 2.53. The molecule has 6 rings (SSSR count). The number of fused-ring (bicyclic) bond motifs is 2. The van der Waals surface area contributed by atoms with Crippen molar-refractivity contribution in [3.05, 3.63) is 39.7 Å². The molecule has 2 aliphatic heterocycles. The van der Waals surface area contributed by atoms with Gasteiger partial charge in [0.15, 0.2) is 28.6 Å². The van der Waals surface area contributed by atoms with E-state index in [2.05, 4.69) is 29.9 Å². The number of nitrogens with zero attached hydrogens (tertiary/aromatic N) is 6. The molecular weight excluding hydrogens is 617 g/mol. The van der Waals surface area contributed by atoms with E-state index in [1.165, 1.54) is 35.0 Å². The molecule has 8 N–H and O–H groups in total. The zero-order valence-electron chi connectivity index (χ0n) is 22.2. The van der Waals surface area contributed by atoms with Gasteiger partial charge in [0.2, 0.25) is 5.95 Å². The van der Waals surface area contributed by atoms with Crippen molar-refractivity contribution < 1.29 is 38.8 Å². The molecule has 19 nitrogen and oxygen atoms in total. The van der Waals surface area contributed by atoms with E-state index in [-0.39, 0.29) is 28.3 Å².